The van der Waals surface area contributed by atoms with Gasteiger partial charge in [0.1, 0.15) is 5.82 Å². The Bertz CT molecular complexity index is 491. The van der Waals surface area contributed by atoms with Crippen LogP contribution in [0.2, 0.25) is 0 Å². The molecule has 1 aromatic rings. The van der Waals surface area contributed by atoms with Crippen molar-refractivity contribution < 1.29 is 9.90 Å². The van der Waals surface area contributed by atoms with E-state index >= 15 is 0 Å². The molecular formula is C15H24N4O2. The second kappa shape index (κ2) is 7.47. The number of carbonyl (C=O) groups excluding carboxylic acids is 1. The molecule has 1 aliphatic heterocycles. The number of nitrogens with two attached hydrogens (primary N) is 1. The highest BCUT2D eigenvalue weighted by Crippen LogP contribution is 2.28. The SMILES string of the molecule is Cc1cc(CCC(N)=O)nc([C@H]2CCCCN2CCO)n1. The average molecular weight is 292 g/mol. The topological polar surface area (TPSA) is 92.3 Å². The summed E-state index contributed by atoms with van der Waals surface area (Å²) in [6.07, 6.45) is 4.18. The van der Waals surface area contributed by atoms with Crippen molar-refractivity contribution in [2.45, 2.75) is 45.1 Å². The molecule has 1 amide bonds. The van der Waals surface area contributed by atoms with Gasteiger partial charge in [-0.1, -0.05) is 6.42 Å². The Labute approximate surface area is 125 Å². The molecule has 0 saturated carbocycles. The van der Waals surface area contributed by atoms with E-state index in [1.807, 2.05) is 13.0 Å². The van der Waals surface area contributed by atoms with Crippen molar-refractivity contribution in [2.75, 3.05) is 19.7 Å². The first kappa shape index (κ1) is 15.9. The molecule has 3 N–H and O–H groups in total. The Morgan fingerprint density at radius 1 is 1.48 bits per heavy atom. The molecule has 0 radical (unpaired) electrons. The van der Waals surface area contributed by atoms with Crippen molar-refractivity contribution in [3.8, 4) is 0 Å². The maximum absolute atomic E-state index is 10.9. The smallest absolute Gasteiger partial charge is 0.217 e. The van der Waals surface area contributed by atoms with Crippen molar-refractivity contribution in [3.05, 3.63) is 23.3 Å². The quantitative estimate of drug-likeness (QED) is 0.806. The molecule has 1 aromatic heterocycles. The van der Waals surface area contributed by atoms with Gasteiger partial charge in [-0.25, -0.2) is 9.97 Å². The van der Waals surface area contributed by atoms with E-state index in [0.29, 0.717) is 19.4 Å². The van der Waals surface area contributed by atoms with Crippen molar-refractivity contribution in [1.29, 1.82) is 0 Å². The summed E-state index contributed by atoms with van der Waals surface area (Å²) in [5.41, 5.74) is 6.98. The zero-order valence-electron chi connectivity index (χ0n) is 12.6. The van der Waals surface area contributed by atoms with Gasteiger partial charge in [0.05, 0.1) is 12.6 Å². The van der Waals surface area contributed by atoms with Gasteiger partial charge in [-0.3, -0.25) is 9.69 Å². The number of rotatable bonds is 6. The first-order chi connectivity index (χ1) is 10.1. The molecule has 1 fully saturated rings. The summed E-state index contributed by atoms with van der Waals surface area (Å²) < 4.78 is 0. The molecule has 6 heteroatoms. The zero-order valence-corrected chi connectivity index (χ0v) is 12.6. The Hall–Kier alpha value is -1.53. The minimum Gasteiger partial charge on any atom is -0.395 e. The monoisotopic (exact) mass is 292 g/mol. The molecule has 1 atom stereocenters. The molecule has 2 rings (SSSR count). The molecule has 6 nitrogen and oxygen atoms in total. The van der Waals surface area contributed by atoms with E-state index in [2.05, 4.69) is 14.9 Å². The number of piperidine rings is 1. The molecule has 0 aliphatic carbocycles. The van der Waals surface area contributed by atoms with Crippen LogP contribution in [0, 0.1) is 6.92 Å². The molecule has 21 heavy (non-hydrogen) atoms. The van der Waals surface area contributed by atoms with E-state index in [4.69, 9.17) is 5.73 Å². The highest BCUT2D eigenvalue weighted by atomic mass is 16.3. The van der Waals surface area contributed by atoms with Gasteiger partial charge in [-0.2, -0.15) is 0 Å². The fraction of sp³-hybridized carbons (Fsp3) is 0.667. The van der Waals surface area contributed by atoms with Gasteiger partial charge in [0, 0.05) is 24.4 Å². The van der Waals surface area contributed by atoms with Gasteiger partial charge >= 0.3 is 0 Å². The number of likely N-dealkylation sites (tertiary alicyclic amines) is 1. The van der Waals surface area contributed by atoms with Crippen LogP contribution in [0.15, 0.2) is 6.07 Å². The van der Waals surface area contributed by atoms with Crippen molar-refractivity contribution >= 4 is 5.91 Å². The zero-order chi connectivity index (χ0) is 15.2. The fourth-order valence-corrected chi connectivity index (χ4v) is 2.87. The van der Waals surface area contributed by atoms with Gasteiger partial charge in [0.2, 0.25) is 5.91 Å². The predicted octanol–water partition coefficient (Wildman–Crippen LogP) is 0.722. The summed E-state index contributed by atoms with van der Waals surface area (Å²) in [6, 6.07) is 2.07. The normalized spacial score (nSPS) is 19.6. The lowest BCUT2D eigenvalue weighted by Gasteiger charge is -2.34. The number of primary amides is 1. The lowest BCUT2D eigenvalue weighted by Crippen LogP contribution is -2.36. The number of β-amino-alcohol motifs (C(OH)–C–C–N with tert-alkyl or cyclic N) is 1. The summed E-state index contributed by atoms with van der Waals surface area (Å²) in [5, 5.41) is 9.20. The van der Waals surface area contributed by atoms with Gasteiger partial charge < -0.3 is 10.8 Å². The van der Waals surface area contributed by atoms with Crippen LogP contribution >= 0.6 is 0 Å². The van der Waals surface area contributed by atoms with Crippen LogP contribution in [0.1, 0.15) is 48.9 Å². The molecule has 0 unspecified atom stereocenters. The van der Waals surface area contributed by atoms with Crippen LogP contribution < -0.4 is 5.73 Å². The Morgan fingerprint density at radius 2 is 2.29 bits per heavy atom. The molecule has 0 spiro atoms. The number of aromatic nitrogens is 2. The number of hydrogen-bond acceptors (Lipinski definition) is 5. The highest BCUT2D eigenvalue weighted by Gasteiger charge is 2.26. The van der Waals surface area contributed by atoms with Crippen LogP contribution in [-0.4, -0.2) is 45.6 Å². The van der Waals surface area contributed by atoms with E-state index in [-0.39, 0.29) is 18.6 Å². The highest BCUT2D eigenvalue weighted by molar-refractivity contribution is 5.73. The minimum absolute atomic E-state index is 0.150. The van der Waals surface area contributed by atoms with Crippen LogP contribution in [0.25, 0.3) is 0 Å². The second-order valence-corrected chi connectivity index (χ2v) is 5.60. The number of hydrogen-bond donors (Lipinski definition) is 2. The molecular weight excluding hydrogens is 268 g/mol. The first-order valence-electron chi connectivity index (χ1n) is 7.58. The van der Waals surface area contributed by atoms with Gasteiger partial charge in [0.25, 0.3) is 0 Å². The average Bonchev–Trinajstić information content (AvgIpc) is 2.45. The number of aliphatic hydroxyl groups excluding tert-OH is 1. The first-order valence-corrected chi connectivity index (χ1v) is 7.58. The van der Waals surface area contributed by atoms with E-state index in [9.17, 15) is 9.90 Å². The van der Waals surface area contributed by atoms with Gasteiger partial charge in [-0.05, 0) is 38.8 Å². The van der Waals surface area contributed by atoms with E-state index in [1.165, 1.54) is 0 Å². The predicted molar refractivity (Wildman–Crippen MR) is 79.5 cm³/mol. The van der Waals surface area contributed by atoms with E-state index < -0.39 is 0 Å². The largest absolute Gasteiger partial charge is 0.395 e. The van der Waals surface area contributed by atoms with Crippen LogP contribution in [0.3, 0.4) is 0 Å². The number of aryl methyl sites for hydroxylation is 2. The van der Waals surface area contributed by atoms with Crippen LogP contribution in [-0.2, 0) is 11.2 Å². The van der Waals surface area contributed by atoms with Gasteiger partial charge in [0.15, 0.2) is 0 Å². The number of aliphatic hydroxyl groups is 1. The molecule has 1 aliphatic rings. The Kier molecular flexibility index (Phi) is 5.64. The lowest BCUT2D eigenvalue weighted by atomic mass is 10.0. The molecule has 1 saturated heterocycles. The minimum atomic E-state index is -0.313. The van der Waals surface area contributed by atoms with Crippen molar-refractivity contribution in [3.63, 3.8) is 0 Å². The maximum Gasteiger partial charge on any atom is 0.217 e. The summed E-state index contributed by atoms with van der Waals surface area (Å²) >= 11 is 0. The number of amides is 1. The number of nitrogens with zero attached hydrogens (tertiary/aromatic N) is 3. The third-order valence-corrected chi connectivity index (χ3v) is 3.85. The Balaban J connectivity index is 2.18. The second-order valence-electron chi connectivity index (χ2n) is 5.60. The molecule has 116 valence electrons. The number of carbonyl (C=O) groups is 1. The molecule has 0 aromatic carbocycles. The van der Waals surface area contributed by atoms with Crippen LogP contribution in [0.5, 0.6) is 0 Å². The van der Waals surface area contributed by atoms with Crippen molar-refractivity contribution in [2.24, 2.45) is 5.73 Å². The maximum atomic E-state index is 10.9. The standard InChI is InChI=1S/C15H24N4O2/c1-11-10-12(5-6-14(16)21)18-15(17-11)13-4-2-3-7-19(13)8-9-20/h10,13,20H,2-9H2,1H3,(H2,16,21)/t13-/m1/s1. The van der Waals surface area contributed by atoms with E-state index in [1.54, 1.807) is 0 Å². The fourth-order valence-electron chi connectivity index (χ4n) is 2.87. The van der Waals surface area contributed by atoms with Crippen LogP contribution in [0.4, 0.5) is 0 Å². The lowest BCUT2D eigenvalue weighted by molar-refractivity contribution is -0.118. The van der Waals surface area contributed by atoms with Crippen molar-refractivity contribution in [1.82, 2.24) is 14.9 Å². The summed E-state index contributed by atoms with van der Waals surface area (Å²) in [6.45, 7) is 3.72. The summed E-state index contributed by atoms with van der Waals surface area (Å²) in [7, 11) is 0. The van der Waals surface area contributed by atoms with Gasteiger partial charge in [-0.15, -0.1) is 0 Å². The molecule has 2 heterocycles. The molecule has 0 bridgehead atoms. The third-order valence-electron chi connectivity index (χ3n) is 3.85. The third kappa shape index (κ3) is 4.47. The Morgan fingerprint density at radius 3 is 3.00 bits per heavy atom. The summed E-state index contributed by atoms with van der Waals surface area (Å²) in [5.74, 6) is 0.495. The summed E-state index contributed by atoms with van der Waals surface area (Å²) in [4.78, 5) is 22.4. The van der Waals surface area contributed by atoms with E-state index in [0.717, 1.165) is 43.0 Å².